The molecule has 4 nitrogen and oxygen atoms in total. The summed E-state index contributed by atoms with van der Waals surface area (Å²) in [6.45, 7) is 1.86. The summed E-state index contributed by atoms with van der Waals surface area (Å²) in [5.41, 5.74) is 6.17. The fourth-order valence-corrected chi connectivity index (χ4v) is 1.21. The van der Waals surface area contributed by atoms with Crippen LogP contribution in [-0.4, -0.2) is 19.1 Å². The van der Waals surface area contributed by atoms with E-state index in [2.05, 4.69) is 5.32 Å². The first-order chi connectivity index (χ1) is 7.17. The molecule has 82 valence electrons. The highest BCUT2D eigenvalue weighted by Gasteiger charge is 2.13. The van der Waals surface area contributed by atoms with Crippen molar-refractivity contribution in [2.75, 3.05) is 12.4 Å². The van der Waals surface area contributed by atoms with Gasteiger partial charge in [0.25, 0.3) is 5.91 Å². The monoisotopic (exact) mass is 208 g/mol. The van der Waals surface area contributed by atoms with Crippen molar-refractivity contribution in [1.29, 1.82) is 0 Å². The molecule has 1 unspecified atom stereocenters. The van der Waals surface area contributed by atoms with Gasteiger partial charge in [-0.2, -0.15) is 0 Å². The minimum absolute atomic E-state index is 0.435. The SMILES string of the molecule is CCC(Oc1ccc(NC)cc1)C(N)=O. The van der Waals surface area contributed by atoms with Crippen LogP contribution >= 0.6 is 0 Å². The summed E-state index contributed by atoms with van der Waals surface area (Å²) in [7, 11) is 1.84. The molecule has 0 saturated heterocycles. The lowest BCUT2D eigenvalue weighted by Gasteiger charge is -2.14. The molecule has 3 N–H and O–H groups in total. The Labute approximate surface area is 89.4 Å². The van der Waals surface area contributed by atoms with E-state index in [9.17, 15) is 4.79 Å². The van der Waals surface area contributed by atoms with E-state index in [0.717, 1.165) is 5.69 Å². The molecule has 1 atom stereocenters. The maximum atomic E-state index is 10.9. The first kappa shape index (κ1) is 11.4. The van der Waals surface area contributed by atoms with E-state index in [-0.39, 0.29) is 0 Å². The third-order valence-electron chi connectivity index (χ3n) is 2.11. The summed E-state index contributed by atoms with van der Waals surface area (Å²) >= 11 is 0. The van der Waals surface area contributed by atoms with Crippen LogP contribution in [0.4, 0.5) is 5.69 Å². The first-order valence-electron chi connectivity index (χ1n) is 4.91. The van der Waals surface area contributed by atoms with E-state index in [4.69, 9.17) is 10.5 Å². The molecule has 1 rings (SSSR count). The Bertz CT molecular complexity index is 322. The van der Waals surface area contributed by atoms with Crippen molar-refractivity contribution in [1.82, 2.24) is 0 Å². The molecule has 0 bridgehead atoms. The number of benzene rings is 1. The Balaban J connectivity index is 2.67. The van der Waals surface area contributed by atoms with Gasteiger partial charge < -0.3 is 15.8 Å². The summed E-state index contributed by atoms with van der Waals surface area (Å²) in [5, 5.41) is 3.00. The van der Waals surface area contributed by atoms with Crippen LogP contribution in [0.5, 0.6) is 5.75 Å². The minimum atomic E-state index is -0.551. The molecule has 4 heteroatoms. The molecule has 1 aromatic rings. The summed E-state index contributed by atoms with van der Waals surface area (Å²) in [6.07, 6.45) is 0.0220. The van der Waals surface area contributed by atoms with Gasteiger partial charge in [-0.15, -0.1) is 0 Å². The second kappa shape index (κ2) is 5.24. The van der Waals surface area contributed by atoms with Crippen molar-refractivity contribution in [2.45, 2.75) is 19.4 Å². The average Bonchev–Trinajstić information content (AvgIpc) is 2.26. The third kappa shape index (κ3) is 3.16. The van der Waals surface area contributed by atoms with Gasteiger partial charge in [0.1, 0.15) is 5.75 Å². The zero-order valence-electron chi connectivity index (χ0n) is 8.99. The zero-order valence-corrected chi connectivity index (χ0v) is 8.99. The van der Waals surface area contributed by atoms with Gasteiger partial charge in [0.15, 0.2) is 6.10 Å². The van der Waals surface area contributed by atoms with E-state index >= 15 is 0 Å². The summed E-state index contributed by atoms with van der Waals surface area (Å²) in [6, 6.07) is 7.36. The Hall–Kier alpha value is -1.71. The Morgan fingerprint density at radius 2 is 2.07 bits per heavy atom. The number of hydrogen-bond donors (Lipinski definition) is 2. The van der Waals surface area contributed by atoms with Crippen LogP contribution in [0.25, 0.3) is 0 Å². The van der Waals surface area contributed by atoms with Crippen molar-refractivity contribution in [3.8, 4) is 5.75 Å². The maximum Gasteiger partial charge on any atom is 0.258 e. The molecule has 0 aliphatic heterocycles. The molecule has 0 heterocycles. The molecular formula is C11H16N2O2. The second-order valence-electron chi connectivity index (χ2n) is 3.19. The van der Waals surface area contributed by atoms with Crippen molar-refractivity contribution in [2.24, 2.45) is 5.73 Å². The fourth-order valence-electron chi connectivity index (χ4n) is 1.21. The van der Waals surface area contributed by atoms with Crippen molar-refractivity contribution in [3.63, 3.8) is 0 Å². The molecule has 1 amide bonds. The van der Waals surface area contributed by atoms with Gasteiger partial charge in [-0.05, 0) is 30.7 Å². The van der Waals surface area contributed by atoms with Crippen LogP contribution in [0.3, 0.4) is 0 Å². The van der Waals surface area contributed by atoms with Crippen molar-refractivity contribution >= 4 is 11.6 Å². The van der Waals surface area contributed by atoms with Gasteiger partial charge in [-0.1, -0.05) is 6.92 Å². The van der Waals surface area contributed by atoms with Gasteiger partial charge in [-0.3, -0.25) is 4.79 Å². The molecule has 0 aliphatic rings. The van der Waals surface area contributed by atoms with E-state index in [1.807, 2.05) is 26.1 Å². The van der Waals surface area contributed by atoms with E-state index in [1.165, 1.54) is 0 Å². The number of carbonyl (C=O) groups excluding carboxylic acids is 1. The average molecular weight is 208 g/mol. The number of nitrogens with two attached hydrogens (primary N) is 1. The summed E-state index contributed by atoms with van der Waals surface area (Å²) in [4.78, 5) is 10.9. The third-order valence-corrected chi connectivity index (χ3v) is 2.11. The van der Waals surface area contributed by atoms with Crippen LogP contribution in [-0.2, 0) is 4.79 Å². The molecule has 1 aromatic carbocycles. The topological polar surface area (TPSA) is 64.3 Å². The zero-order chi connectivity index (χ0) is 11.3. The van der Waals surface area contributed by atoms with Gasteiger partial charge in [-0.25, -0.2) is 0 Å². The Morgan fingerprint density at radius 1 is 1.47 bits per heavy atom. The number of nitrogens with one attached hydrogen (secondary N) is 1. The number of carbonyl (C=O) groups is 1. The lowest BCUT2D eigenvalue weighted by Crippen LogP contribution is -2.32. The van der Waals surface area contributed by atoms with Gasteiger partial charge in [0, 0.05) is 12.7 Å². The molecule has 0 radical (unpaired) electrons. The van der Waals surface area contributed by atoms with Crippen LogP contribution in [0.2, 0.25) is 0 Å². The van der Waals surface area contributed by atoms with Crippen molar-refractivity contribution < 1.29 is 9.53 Å². The number of primary amides is 1. The Morgan fingerprint density at radius 3 is 2.47 bits per heavy atom. The van der Waals surface area contributed by atoms with Crippen LogP contribution < -0.4 is 15.8 Å². The second-order valence-corrected chi connectivity index (χ2v) is 3.19. The van der Waals surface area contributed by atoms with Crippen LogP contribution in [0.15, 0.2) is 24.3 Å². The lowest BCUT2D eigenvalue weighted by molar-refractivity contribution is -0.124. The first-order valence-corrected chi connectivity index (χ1v) is 4.91. The standard InChI is InChI=1S/C11H16N2O2/c1-3-10(11(12)14)15-9-6-4-8(13-2)5-7-9/h4-7,10,13H,3H2,1-2H3,(H2,12,14). The largest absolute Gasteiger partial charge is 0.481 e. The number of amides is 1. The molecule has 15 heavy (non-hydrogen) atoms. The van der Waals surface area contributed by atoms with Crippen LogP contribution in [0.1, 0.15) is 13.3 Å². The predicted molar refractivity (Wildman–Crippen MR) is 59.9 cm³/mol. The predicted octanol–water partition coefficient (Wildman–Crippen LogP) is 1.37. The lowest BCUT2D eigenvalue weighted by atomic mass is 10.2. The Kier molecular flexibility index (Phi) is 3.97. The summed E-state index contributed by atoms with van der Waals surface area (Å²) < 4.78 is 5.42. The summed E-state index contributed by atoms with van der Waals surface area (Å²) in [5.74, 6) is 0.217. The van der Waals surface area contributed by atoms with Crippen molar-refractivity contribution in [3.05, 3.63) is 24.3 Å². The number of anilines is 1. The molecule has 0 saturated carbocycles. The number of ether oxygens (including phenoxy) is 1. The molecule has 0 fully saturated rings. The smallest absolute Gasteiger partial charge is 0.258 e. The number of rotatable bonds is 5. The van der Waals surface area contributed by atoms with Gasteiger partial charge in [0.2, 0.25) is 0 Å². The van der Waals surface area contributed by atoms with Gasteiger partial charge >= 0.3 is 0 Å². The fraction of sp³-hybridized carbons (Fsp3) is 0.364. The molecule has 0 aliphatic carbocycles. The molecule has 0 aromatic heterocycles. The quantitative estimate of drug-likeness (QED) is 0.768. The minimum Gasteiger partial charge on any atom is -0.481 e. The molecular weight excluding hydrogens is 192 g/mol. The van der Waals surface area contributed by atoms with E-state index in [0.29, 0.717) is 12.2 Å². The van der Waals surface area contributed by atoms with E-state index in [1.54, 1.807) is 12.1 Å². The van der Waals surface area contributed by atoms with Gasteiger partial charge in [0.05, 0.1) is 0 Å². The highest BCUT2D eigenvalue weighted by atomic mass is 16.5. The highest BCUT2D eigenvalue weighted by molar-refractivity contribution is 5.79. The highest BCUT2D eigenvalue weighted by Crippen LogP contribution is 2.17. The molecule has 0 spiro atoms. The normalized spacial score (nSPS) is 11.9. The number of hydrogen-bond acceptors (Lipinski definition) is 3. The maximum absolute atomic E-state index is 10.9. The van der Waals surface area contributed by atoms with Crippen LogP contribution in [0, 0.1) is 0 Å². The van der Waals surface area contributed by atoms with E-state index < -0.39 is 12.0 Å².